The summed E-state index contributed by atoms with van der Waals surface area (Å²) in [4.78, 5) is 0. The van der Waals surface area contributed by atoms with E-state index in [1.807, 2.05) is 24.3 Å². The van der Waals surface area contributed by atoms with Gasteiger partial charge in [0.05, 0.1) is 11.2 Å². The van der Waals surface area contributed by atoms with Crippen LogP contribution in [0.2, 0.25) is 10.0 Å². The quantitative estimate of drug-likeness (QED) is 0.467. The summed E-state index contributed by atoms with van der Waals surface area (Å²) >= 11 is 13.5. The van der Waals surface area contributed by atoms with Crippen LogP contribution >= 0.6 is 35.0 Å². The average Bonchev–Trinajstić information content (AvgIpc) is 3.01. The fraction of sp³-hybridized carbons (Fsp3) is 0.0625. The van der Waals surface area contributed by atoms with Gasteiger partial charge in [-0.05, 0) is 23.8 Å². The molecule has 24 heavy (non-hydrogen) atoms. The lowest BCUT2D eigenvalue weighted by atomic mass is 10.2. The van der Waals surface area contributed by atoms with E-state index in [9.17, 15) is 4.39 Å². The van der Waals surface area contributed by atoms with Gasteiger partial charge in [-0.3, -0.25) is 0 Å². The molecular weight excluding hydrogens is 370 g/mol. The summed E-state index contributed by atoms with van der Waals surface area (Å²) in [6.07, 6.45) is 2.79. The van der Waals surface area contributed by atoms with Crippen LogP contribution in [0.15, 0.2) is 59.0 Å². The minimum Gasteiger partial charge on any atom is -0.206 e. The van der Waals surface area contributed by atoms with E-state index in [1.54, 1.807) is 12.1 Å². The maximum atomic E-state index is 13.8. The van der Waals surface area contributed by atoms with Crippen molar-refractivity contribution in [1.82, 2.24) is 14.9 Å². The standard InChI is InChI=1S/C16H11Cl2FN4S/c17-13-5-2-1-4-11(13)9-24-16-22-20-10-23(16)21-8-12-14(18)6-3-7-15(12)19/h1-8,10H,9H2/b21-8+. The van der Waals surface area contributed by atoms with Crippen molar-refractivity contribution in [1.29, 1.82) is 0 Å². The molecule has 0 fully saturated rings. The smallest absolute Gasteiger partial charge is 0.206 e. The Labute approximate surface area is 152 Å². The van der Waals surface area contributed by atoms with Crippen LogP contribution in [-0.2, 0) is 5.75 Å². The van der Waals surface area contributed by atoms with Crippen molar-refractivity contribution in [2.45, 2.75) is 10.9 Å². The van der Waals surface area contributed by atoms with Gasteiger partial charge in [0.1, 0.15) is 12.1 Å². The largest absolute Gasteiger partial charge is 0.212 e. The molecule has 0 N–H and O–H groups in total. The summed E-state index contributed by atoms with van der Waals surface area (Å²) in [7, 11) is 0. The maximum Gasteiger partial charge on any atom is 0.212 e. The highest BCUT2D eigenvalue weighted by Crippen LogP contribution is 2.25. The Morgan fingerprint density at radius 3 is 2.71 bits per heavy atom. The number of nitrogens with zero attached hydrogens (tertiary/aromatic N) is 4. The van der Waals surface area contributed by atoms with Crippen LogP contribution in [0, 0.1) is 5.82 Å². The van der Waals surface area contributed by atoms with Gasteiger partial charge in [-0.25, -0.2) is 4.39 Å². The van der Waals surface area contributed by atoms with Crippen LogP contribution in [0.4, 0.5) is 4.39 Å². The summed E-state index contributed by atoms with van der Waals surface area (Å²) < 4.78 is 15.2. The van der Waals surface area contributed by atoms with Gasteiger partial charge in [0.2, 0.25) is 5.16 Å². The Kier molecular flexibility index (Phi) is 5.50. The van der Waals surface area contributed by atoms with Gasteiger partial charge < -0.3 is 0 Å². The molecule has 3 aromatic rings. The summed E-state index contributed by atoms with van der Waals surface area (Å²) in [6, 6.07) is 12.0. The van der Waals surface area contributed by atoms with Crippen molar-refractivity contribution < 1.29 is 4.39 Å². The number of rotatable bonds is 5. The van der Waals surface area contributed by atoms with E-state index in [1.165, 1.54) is 35.0 Å². The van der Waals surface area contributed by atoms with E-state index in [4.69, 9.17) is 23.2 Å². The normalized spacial score (nSPS) is 11.3. The zero-order valence-electron chi connectivity index (χ0n) is 12.2. The first-order valence-electron chi connectivity index (χ1n) is 6.90. The van der Waals surface area contributed by atoms with Crippen molar-refractivity contribution in [2.24, 2.45) is 5.10 Å². The fourth-order valence-electron chi connectivity index (χ4n) is 1.91. The second-order valence-corrected chi connectivity index (χ2v) is 6.47. The molecule has 0 aliphatic heterocycles. The van der Waals surface area contributed by atoms with Gasteiger partial charge in [-0.1, -0.05) is 59.2 Å². The predicted molar refractivity (Wildman–Crippen MR) is 95.4 cm³/mol. The minimum atomic E-state index is -0.440. The predicted octanol–water partition coefficient (Wildman–Crippen LogP) is 4.90. The molecule has 0 amide bonds. The van der Waals surface area contributed by atoms with Crippen LogP contribution in [-0.4, -0.2) is 21.1 Å². The molecule has 0 unspecified atom stereocenters. The fourth-order valence-corrected chi connectivity index (χ4v) is 3.27. The molecule has 1 aromatic heterocycles. The molecule has 1 heterocycles. The lowest BCUT2D eigenvalue weighted by Crippen LogP contribution is -1.95. The highest BCUT2D eigenvalue weighted by molar-refractivity contribution is 7.98. The van der Waals surface area contributed by atoms with Crippen molar-refractivity contribution in [2.75, 3.05) is 0 Å². The topological polar surface area (TPSA) is 43.1 Å². The lowest BCUT2D eigenvalue weighted by Gasteiger charge is -2.03. The molecule has 0 spiro atoms. The molecule has 122 valence electrons. The summed E-state index contributed by atoms with van der Waals surface area (Å²) in [5.74, 6) is 0.179. The van der Waals surface area contributed by atoms with E-state index in [0.29, 0.717) is 15.9 Å². The van der Waals surface area contributed by atoms with Gasteiger partial charge in [0.15, 0.2) is 0 Å². The van der Waals surface area contributed by atoms with Gasteiger partial charge in [-0.15, -0.1) is 10.2 Å². The zero-order valence-corrected chi connectivity index (χ0v) is 14.6. The van der Waals surface area contributed by atoms with Crippen molar-refractivity contribution in [3.05, 3.63) is 75.8 Å². The molecule has 0 saturated carbocycles. The van der Waals surface area contributed by atoms with Gasteiger partial charge in [-0.2, -0.15) is 9.78 Å². The van der Waals surface area contributed by atoms with Crippen LogP contribution in [0.3, 0.4) is 0 Å². The van der Waals surface area contributed by atoms with Gasteiger partial charge in [0.25, 0.3) is 0 Å². The molecule has 8 heteroatoms. The number of thioether (sulfide) groups is 1. The highest BCUT2D eigenvalue weighted by Gasteiger charge is 2.08. The van der Waals surface area contributed by atoms with Crippen LogP contribution in [0.1, 0.15) is 11.1 Å². The Balaban J connectivity index is 1.76. The van der Waals surface area contributed by atoms with E-state index < -0.39 is 5.82 Å². The third kappa shape index (κ3) is 3.95. The Hall–Kier alpha value is -1.89. The number of halogens is 3. The van der Waals surface area contributed by atoms with E-state index >= 15 is 0 Å². The number of benzene rings is 2. The minimum absolute atomic E-state index is 0.218. The molecular formula is C16H11Cl2FN4S. The van der Waals surface area contributed by atoms with E-state index in [0.717, 1.165) is 5.56 Å². The molecule has 0 saturated heterocycles. The number of hydrogen-bond donors (Lipinski definition) is 0. The average molecular weight is 381 g/mol. The van der Waals surface area contributed by atoms with Gasteiger partial charge >= 0.3 is 0 Å². The Morgan fingerprint density at radius 1 is 1.12 bits per heavy atom. The lowest BCUT2D eigenvalue weighted by molar-refractivity contribution is 0.625. The first-order chi connectivity index (χ1) is 11.6. The zero-order chi connectivity index (χ0) is 16.9. The SMILES string of the molecule is Fc1cccc(Cl)c1/C=N/n1cnnc1SCc1ccccc1Cl. The second-order valence-electron chi connectivity index (χ2n) is 4.72. The number of aromatic nitrogens is 3. The molecule has 3 rings (SSSR count). The van der Waals surface area contributed by atoms with Crippen molar-refractivity contribution in [3.63, 3.8) is 0 Å². The molecule has 0 aliphatic rings. The maximum absolute atomic E-state index is 13.8. The summed E-state index contributed by atoms with van der Waals surface area (Å²) in [6.45, 7) is 0. The van der Waals surface area contributed by atoms with Crippen LogP contribution in [0.25, 0.3) is 0 Å². The Morgan fingerprint density at radius 2 is 1.92 bits per heavy atom. The van der Waals surface area contributed by atoms with Crippen LogP contribution < -0.4 is 0 Å². The Bertz CT molecular complexity index is 862. The van der Waals surface area contributed by atoms with E-state index in [2.05, 4.69) is 15.3 Å². The third-order valence-corrected chi connectivity index (χ3v) is 4.81. The third-order valence-electron chi connectivity index (χ3n) is 3.13. The van der Waals surface area contributed by atoms with Crippen molar-refractivity contribution >= 4 is 41.2 Å². The summed E-state index contributed by atoms with van der Waals surface area (Å²) in [5, 5.41) is 13.6. The highest BCUT2D eigenvalue weighted by atomic mass is 35.5. The van der Waals surface area contributed by atoms with Crippen LogP contribution in [0.5, 0.6) is 0 Å². The molecule has 0 radical (unpaired) electrons. The molecule has 2 aromatic carbocycles. The summed E-state index contributed by atoms with van der Waals surface area (Å²) in [5.41, 5.74) is 1.20. The van der Waals surface area contributed by atoms with Crippen molar-refractivity contribution in [3.8, 4) is 0 Å². The first kappa shape index (κ1) is 17.0. The number of hydrogen-bond acceptors (Lipinski definition) is 4. The van der Waals surface area contributed by atoms with E-state index in [-0.39, 0.29) is 10.6 Å². The molecule has 0 bridgehead atoms. The van der Waals surface area contributed by atoms with Gasteiger partial charge in [0, 0.05) is 16.3 Å². The monoisotopic (exact) mass is 380 g/mol. The second kappa shape index (κ2) is 7.79. The first-order valence-corrected chi connectivity index (χ1v) is 8.64. The molecule has 4 nitrogen and oxygen atoms in total. The molecule has 0 atom stereocenters. The molecule has 0 aliphatic carbocycles.